The molecule has 1 saturated carbocycles. The molecule has 2 aromatic carbocycles. The van der Waals surface area contributed by atoms with Gasteiger partial charge >= 0.3 is 0 Å². The molecule has 2 amide bonds. The third-order valence-electron chi connectivity index (χ3n) is 10.1. The molecule has 1 spiro atoms. The summed E-state index contributed by atoms with van der Waals surface area (Å²) in [5, 5.41) is 7.22. The topological polar surface area (TPSA) is 98.8 Å². The molecule has 8 nitrogen and oxygen atoms in total. The lowest BCUT2D eigenvalue weighted by Crippen LogP contribution is -2.58. The van der Waals surface area contributed by atoms with Crippen LogP contribution in [0.15, 0.2) is 48.5 Å². The van der Waals surface area contributed by atoms with Crippen LogP contribution in [-0.2, 0) is 31.4 Å². The first kappa shape index (κ1) is 29.5. The van der Waals surface area contributed by atoms with Crippen LogP contribution in [0.1, 0.15) is 56.1 Å². The van der Waals surface area contributed by atoms with Crippen LogP contribution in [0.4, 0.5) is 5.69 Å². The van der Waals surface area contributed by atoms with Crippen LogP contribution in [0.2, 0.25) is 5.02 Å². The quantitative estimate of drug-likeness (QED) is 0.516. The highest BCUT2D eigenvalue weighted by Crippen LogP contribution is 2.48. The minimum Gasteiger partial charge on any atom is -0.343 e. The van der Waals surface area contributed by atoms with Crippen LogP contribution in [0.3, 0.4) is 0 Å². The van der Waals surface area contributed by atoms with Crippen LogP contribution in [0, 0.1) is 11.8 Å². The zero-order valence-electron chi connectivity index (χ0n) is 24.2. The first-order chi connectivity index (χ1) is 20.1. The lowest BCUT2D eigenvalue weighted by molar-refractivity contribution is -0.138. The second-order valence-corrected chi connectivity index (χ2v) is 15.1. The summed E-state index contributed by atoms with van der Waals surface area (Å²) in [6, 6.07) is 14.2. The van der Waals surface area contributed by atoms with E-state index in [0.717, 1.165) is 29.8 Å². The highest BCUT2D eigenvalue weighted by molar-refractivity contribution is 7.92. The highest BCUT2D eigenvalue weighted by atomic mass is 35.5. The van der Waals surface area contributed by atoms with Gasteiger partial charge < -0.3 is 15.5 Å². The molecule has 226 valence electrons. The molecule has 2 saturated heterocycles. The van der Waals surface area contributed by atoms with Gasteiger partial charge in [0.25, 0.3) is 0 Å². The van der Waals surface area contributed by atoms with Crippen molar-refractivity contribution in [1.82, 2.24) is 15.5 Å². The van der Waals surface area contributed by atoms with Gasteiger partial charge in [-0.25, -0.2) is 8.42 Å². The standard InChI is InChI=1S/C32H41ClN4O4S/c1-42(40,41)37-21-32(26-8-4-5-9-29(26)37)14-16-36(17-15-32)31(39)28(18-22-10-12-25(33)13-11-22)35-30(38)27-19-23-6-2-3-7-24(23)20-34-27/h4-5,8-13,23-24,27-28,34H,2-3,6-7,14-21H2,1H3,(H,35,38)/t23-,24+,27?,28-/m1/s1. The number of halogens is 1. The molecule has 0 aromatic heterocycles. The second kappa shape index (κ2) is 11.8. The van der Waals surface area contributed by atoms with E-state index in [1.54, 1.807) is 0 Å². The fraction of sp³-hybridized carbons (Fsp3) is 0.562. The number of carbonyl (C=O) groups excluding carboxylic acids is 2. The van der Waals surface area contributed by atoms with Crippen LogP contribution >= 0.6 is 11.6 Å². The number of sulfonamides is 1. The number of nitrogens with zero attached hydrogens (tertiary/aromatic N) is 2. The van der Waals surface area contributed by atoms with Gasteiger partial charge in [-0.15, -0.1) is 0 Å². The van der Waals surface area contributed by atoms with E-state index in [1.807, 2.05) is 53.4 Å². The molecule has 3 heterocycles. The third-order valence-corrected chi connectivity index (χ3v) is 11.5. The number of hydrogen-bond donors (Lipinski definition) is 2. The Kier molecular flexibility index (Phi) is 8.28. The fourth-order valence-corrected chi connectivity index (χ4v) is 8.88. The van der Waals surface area contributed by atoms with Crippen LogP contribution in [0.25, 0.3) is 0 Å². The Hall–Kier alpha value is -2.62. The summed E-state index contributed by atoms with van der Waals surface area (Å²) in [6.07, 6.45) is 8.69. The summed E-state index contributed by atoms with van der Waals surface area (Å²) in [7, 11) is -3.41. The van der Waals surface area contributed by atoms with Gasteiger partial charge in [-0.05, 0) is 73.4 Å². The molecule has 10 heteroatoms. The maximum absolute atomic E-state index is 14.0. The van der Waals surface area contributed by atoms with Crippen LogP contribution in [0.5, 0.6) is 0 Å². The molecule has 2 N–H and O–H groups in total. The zero-order valence-corrected chi connectivity index (χ0v) is 25.8. The number of hydrogen-bond acceptors (Lipinski definition) is 5. The zero-order chi connectivity index (χ0) is 29.5. The number of carbonyl (C=O) groups is 2. The largest absolute Gasteiger partial charge is 0.343 e. The summed E-state index contributed by atoms with van der Waals surface area (Å²) in [5.74, 6) is 1.02. The average molecular weight is 613 g/mol. The van der Waals surface area contributed by atoms with Gasteiger partial charge in [-0.1, -0.05) is 61.2 Å². The average Bonchev–Trinajstić information content (AvgIpc) is 3.32. The van der Waals surface area contributed by atoms with Crippen molar-refractivity contribution < 1.29 is 18.0 Å². The SMILES string of the molecule is CS(=O)(=O)N1CC2(CCN(C(=O)[C@@H](Cc3ccc(Cl)cc3)NC(=O)C3C[C@H]4CCCC[C@H]4CN3)CC2)c2ccccc21. The molecule has 3 fully saturated rings. The number of anilines is 1. The molecule has 42 heavy (non-hydrogen) atoms. The van der Waals surface area contributed by atoms with E-state index >= 15 is 0 Å². The van der Waals surface area contributed by atoms with Crippen LogP contribution in [-0.4, -0.2) is 69.7 Å². The molecule has 0 radical (unpaired) electrons. The summed E-state index contributed by atoms with van der Waals surface area (Å²) >= 11 is 6.11. The van der Waals surface area contributed by atoms with Gasteiger partial charge in [-0.3, -0.25) is 13.9 Å². The number of fused-ring (bicyclic) bond motifs is 3. The van der Waals surface area contributed by atoms with E-state index in [4.69, 9.17) is 11.6 Å². The van der Waals surface area contributed by atoms with Crippen molar-refractivity contribution in [2.24, 2.45) is 11.8 Å². The van der Waals surface area contributed by atoms with Crippen LogP contribution < -0.4 is 14.9 Å². The van der Waals surface area contributed by atoms with Crippen molar-refractivity contribution in [3.63, 3.8) is 0 Å². The smallest absolute Gasteiger partial charge is 0.245 e. The van der Waals surface area contributed by atoms with E-state index in [2.05, 4.69) is 10.6 Å². The van der Waals surface area contributed by atoms with Gasteiger partial charge in [0.2, 0.25) is 21.8 Å². The fourth-order valence-electron chi connectivity index (χ4n) is 7.76. The van der Waals surface area contributed by atoms with Crippen molar-refractivity contribution in [3.8, 4) is 0 Å². The molecule has 1 unspecified atom stereocenters. The molecule has 3 aliphatic heterocycles. The molecular formula is C32H41ClN4O4S. The lowest BCUT2D eigenvalue weighted by atomic mass is 9.73. The number of nitrogens with one attached hydrogen (secondary N) is 2. The van der Waals surface area contributed by atoms with Crippen molar-refractivity contribution >= 4 is 39.1 Å². The van der Waals surface area contributed by atoms with Gasteiger partial charge in [0.15, 0.2) is 0 Å². The first-order valence-electron chi connectivity index (χ1n) is 15.3. The van der Waals surface area contributed by atoms with Gasteiger partial charge in [-0.2, -0.15) is 0 Å². The highest BCUT2D eigenvalue weighted by Gasteiger charge is 2.48. The molecule has 6 rings (SSSR count). The lowest BCUT2D eigenvalue weighted by Gasteiger charge is -2.41. The number of para-hydroxylation sites is 1. The van der Waals surface area contributed by atoms with E-state index in [-0.39, 0.29) is 23.3 Å². The number of likely N-dealkylation sites (tertiary alicyclic amines) is 1. The molecule has 4 atom stereocenters. The number of piperidine rings is 2. The minimum atomic E-state index is -3.41. The Balaban J connectivity index is 1.17. The van der Waals surface area contributed by atoms with E-state index in [0.29, 0.717) is 55.8 Å². The molecular weight excluding hydrogens is 572 g/mol. The summed E-state index contributed by atoms with van der Waals surface area (Å²) in [5.41, 5.74) is 2.39. The first-order valence-corrected chi connectivity index (χ1v) is 17.5. The van der Waals surface area contributed by atoms with Crippen molar-refractivity contribution in [3.05, 3.63) is 64.7 Å². The van der Waals surface area contributed by atoms with Gasteiger partial charge in [0.05, 0.1) is 18.0 Å². The van der Waals surface area contributed by atoms with Crippen molar-refractivity contribution in [1.29, 1.82) is 0 Å². The van der Waals surface area contributed by atoms with E-state index in [9.17, 15) is 18.0 Å². The normalized spacial score (nSPS) is 25.9. The summed E-state index contributed by atoms with van der Waals surface area (Å²) in [4.78, 5) is 29.5. The Morgan fingerprint density at radius 1 is 1.05 bits per heavy atom. The molecule has 1 aliphatic carbocycles. The van der Waals surface area contributed by atoms with E-state index in [1.165, 1.54) is 36.2 Å². The maximum atomic E-state index is 14.0. The Bertz CT molecular complexity index is 1420. The molecule has 0 bridgehead atoms. The number of amides is 2. The van der Waals surface area contributed by atoms with Gasteiger partial charge in [0, 0.05) is 36.5 Å². The van der Waals surface area contributed by atoms with Crippen molar-refractivity contribution in [2.45, 2.75) is 68.9 Å². The monoisotopic (exact) mass is 612 g/mol. The summed E-state index contributed by atoms with van der Waals surface area (Å²) < 4.78 is 26.7. The Morgan fingerprint density at radius 3 is 2.45 bits per heavy atom. The number of benzene rings is 2. The van der Waals surface area contributed by atoms with Gasteiger partial charge in [0.1, 0.15) is 6.04 Å². The Morgan fingerprint density at radius 2 is 1.74 bits per heavy atom. The maximum Gasteiger partial charge on any atom is 0.245 e. The van der Waals surface area contributed by atoms with E-state index < -0.39 is 16.1 Å². The predicted molar refractivity (Wildman–Crippen MR) is 165 cm³/mol. The molecule has 4 aliphatic rings. The molecule has 2 aromatic rings. The van der Waals surface area contributed by atoms with Crippen molar-refractivity contribution in [2.75, 3.05) is 36.7 Å². The predicted octanol–water partition coefficient (Wildman–Crippen LogP) is 3.88. The number of rotatable bonds is 6. The minimum absolute atomic E-state index is 0.0919. The Labute approximate surface area is 254 Å². The second-order valence-electron chi connectivity index (χ2n) is 12.8. The summed E-state index contributed by atoms with van der Waals surface area (Å²) in [6.45, 7) is 2.26. The third kappa shape index (κ3) is 5.92.